The van der Waals surface area contributed by atoms with Gasteiger partial charge in [-0.05, 0) is 71.3 Å². The molecule has 0 amide bonds. The maximum Gasteiger partial charge on any atom is 0.124 e. The van der Waals surface area contributed by atoms with E-state index < -0.39 is 0 Å². The molecule has 3 heteroatoms. The molecule has 0 fully saturated rings. The summed E-state index contributed by atoms with van der Waals surface area (Å²) >= 11 is 2.29. The monoisotopic (exact) mass is 367 g/mol. The van der Waals surface area contributed by atoms with Crippen molar-refractivity contribution in [2.45, 2.75) is 19.9 Å². The van der Waals surface area contributed by atoms with Crippen molar-refractivity contribution >= 4 is 22.6 Å². The van der Waals surface area contributed by atoms with Gasteiger partial charge in [-0.2, -0.15) is 0 Å². The standard InChI is InChI=1S/C16H18INO/c1-10-8-11(2)15(14(9-10)19-3)16(18)12-4-6-13(17)7-5-12/h4-9,16H,18H2,1-3H3. The first-order chi connectivity index (χ1) is 9.02. The van der Waals surface area contributed by atoms with E-state index in [2.05, 4.69) is 66.8 Å². The van der Waals surface area contributed by atoms with Crippen LogP contribution in [0.25, 0.3) is 0 Å². The van der Waals surface area contributed by atoms with Crippen molar-refractivity contribution in [1.82, 2.24) is 0 Å². The third-order valence-corrected chi connectivity index (χ3v) is 3.97. The van der Waals surface area contributed by atoms with Crippen molar-refractivity contribution < 1.29 is 4.74 Å². The minimum Gasteiger partial charge on any atom is -0.496 e. The summed E-state index contributed by atoms with van der Waals surface area (Å²) in [5.41, 5.74) is 10.9. The summed E-state index contributed by atoms with van der Waals surface area (Å²) in [5, 5.41) is 0. The van der Waals surface area contributed by atoms with Gasteiger partial charge in [0.1, 0.15) is 5.75 Å². The van der Waals surface area contributed by atoms with Crippen LogP contribution in [0.5, 0.6) is 5.75 Å². The summed E-state index contributed by atoms with van der Waals surface area (Å²) in [7, 11) is 1.69. The predicted octanol–water partition coefficient (Wildman–Crippen LogP) is 3.96. The zero-order chi connectivity index (χ0) is 14.0. The topological polar surface area (TPSA) is 35.2 Å². The van der Waals surface area contributed by atoms with Crippen molar-refractivity contribution in [3.8, 4) is 5.75 Å². The molecule has 1 atom stereocenters. The Morgan fingerprint density at radius 2 is 1.74 bits per heavy atom. The molecule has 0 aliphatic heterocycles. The summed E-state index contributed by atoms with van der Waals surface area (Å²) in [6.07, 6.45) is 0. The molecule has 0 aliphatic rings. The van der Waals surface area contributed by atoms with Gasteiger partial charge < -0.3 is 10.5 Å². The second-order valence-electron chi connectivity index (χ2n) is 4.73. The van der Waals surface area contributed by atoms with Crippen molar-refractivity contribution in [1.29, 1.82) is 0 Å². The Balaban J connectivity index is 2.49. The highest BCUT2D eigenvalue weighted by molar-refractivity contribution is 14.1. The van der Waals surface area contributed by atoms with Crippen LogP contribution in [0.4, 0.5) is 0 Å². The molecule has 2 N–H and O–H groups in total. The second kappa shape index (κ2) is 5.92. The molecule has 0 radical (unpaired) electrons. The van der Waals surface area contributed by atoms with E-state index in [0.29, 0.717) is 0 Å². The molecular formula is C16H18INO. The Kier molecular flexibility index (Phi) is 4.47. The van der Waals surface area contributed by atoms with Crippen LogP contribution in [0.2, 0.25) is 0 Å². The van der Waals surface area contributed by atoms with Crippen molar-refractivity contribution in [2.75, 3.05) is 7.11 Å². The molecule has 0 bridgehead atoms. The minimum atomic E-state index is -0.160. The molecule has 19 heavy (non-hydrogen) atoms. The average Bonchev–Trinajstić information content (AvgIpc) is 2.38. The zero-order valence-corrected chi connectivity index (χ0v) is 13.6. The predicted molar refractivity (Wildman–Crippen MR) is 87.7 cm³/mol. The zero-order valence-electron chi connectivity index (χ0n) is 11.4. The highest BCUT2D eigenvalue weighted by Crippen LogP contribution is 2.32. The van der Waals surface area contributed by atoms with Gasteiger partial charge in [0.15, 0.2) is 0 Å². The summed E-state index contributed by atoms with van der Waals surface area (Å²) in [5.74, 6) is 0.864. The van der Waals surface area contributed by atoms with Crippen LogP contribution < -0.4 is 10.5 Å². The third-order valence-electron chi connectivity index (χ3n) is 3.25. The third kappa shape index (κ3) is 3.09. The van der Waals surface area contributed by atoms with Gasteiger partial charge >= 0.3 is 0 Å². The molecule has 0 aliphatic carbocycles. The Labute approximate surface area is 128 Å². The lowest BCUT2D eigenvalue weighted by molar-refractivity contribution is 0.407. The fraction of sp³-hybridized carbons (Fsp3) is 0.250. The number of nitrogens with two attached hydrogens (primary N) is 1. The summed E-state index contributed by atoms with van der Waals surface area (Å²) in [6.45, 7) is 4.15. The van der Waals surface area contributed by atoms with Crippen LogP contribution in [0.15, 0.2) is 36.4 Å². The van der Waals surface area contributed by atoms with Gasteiger partial charge in [0.2, 0.25) is 0 Å². The molecule has 0 saturated carbocycles. The number of hydrogen-bond donors (Lipinski definition) is 1. The van der Waals surface area contributed by atoms with E-state index in [4.69, 9.17) is 10.5 Å². The number of rotatable bonds is 3. The summed E-state index contributed by atoms with van der Waals surface area (Å²) in [6, 6.07) is 12.3. The lowest BCUT2D eigenvalue weighted by atomic mass is 9.93. The Bertz CT molecular complexity index is 578. The number of aryl methyl sites for hydroxylation is 2. The van der Waals surface area contributed by atoms with Gasteiger partial charge in [0.05, 0.1) is 13.2 Å². The largest absolute Gasteiger partial charge is 0.496 e. The van der Waals surface area contributed by atoms with E-state index in [1.54, 1.807) is 7.11 Å². The molecule has 0 spiro atoms. The molecule has 1 unspecified atom stereocenters. The van der Waals surface area contributed by atoms with E-state index in [9.17, 15) is 0 Å². The lowest BCUT2D eigenvalue weighted by Crippen LogP contribution is -2.14. The molecular weight excluding hydrogens is 349 g/mol. The average molecular weight is 367 g/mol. The Hall–Kier alpha value is -1.07. The van der Waals surface area contributed by atoms with Gasteiger partial charge in [0.25, 0.3) is 0 Å². The van der Waals surface area contributed by atoms with E-state index in [1.807, 2.05) is 6.07 Å². The van der Waals surface area contributed by atoms with E-state index >= 15 is 0 Å². The van der Waals surface area contributed by atoms with Crippen molar-refractivity contribution in [3.05, 3.63) is 62.2 Å². The summed E-state index contributed by atoms with van der Waals surface area (Å²) in [4.78, 5) is 0. The fourth-order valence-electron chi connectivity index (χ4n) is 2.34. The maximum atomic E-state index is 6.41. The molecule has 2 rings (SSSR count). The van der Waals surface area contributed by atoms with Crippen LogP contribution in [0.3, 0.4) is 0 Å². The molecule has 100 valence electrons. The van der Waals surface area contributed by atoms with Crippen LogP contribution in [-0.2, 0) is 0 Å². The Morgan fingerprint density at radius 1 is 1.11 bits per heavy atom. The maximum absolute atomic E-state index is 6.41. The highest BCUT2D eigenvalue weighted by atomic mass is 127. The van der Waals surface area contributed by atoms with Gasteiger partial charge in [-0.25, -0.2) is 0 Å². The van der Waals surface area contributed by atoms with Crippen LogP contribution >= 0.6 is 22.6 Å². The van der Waals surface area contributed by atoms with E-state index in [0.717, 1.165) is 16.9 Å². The van der Waals surface area contributed by atoms with Crippen molar-refractivity contribution in [2.24, 2.45) is 5.73 Å². The smallest absolute Gasteiger partial charge is 0.124 e. The first-order valence-corrected chi connectivity index (χ1v) is 7.27. The van der Waals surface area contributed by atoms with Gasteiger partial charge in [-0.1, -0.05) is 18.2 Å². The molecule has 0 heterocycles. The highest BCUT2D eigenvalue weighted by Gasteiger charge is 2.17. The summed E-state index contributed by atoms with van der Waals surface area (Å²) < 4.78 is 6.70. The Morgan fingerprint density at radius 3 is 2.32 bits per heavy atom. The number of halogens is 1. The number of methoxy groups -OCH3 is 1. The molecule has 0 saturated heterocycles. The number of ether oxygens (including phenoxy) is 1. The van der Waals surface area contributed by atoms with Crippen LogP contribution in [-0.4, -0.2) is 7.11 Å². The van der Waals surface area contributed by atoms with Gasteiger partial charge in [-0.15, -0.1) is 0 Å². The van der Waals surface area contributed by atoms with E-state index in [-0.39, 0.29) is 6.04 Å². The number of benzene rings is 2. The molecule has 2 aromatic rings. The molecule has 2 nitrogen and oxygen atoms in total. The first kappa shape index (κ1) is 14.3. The minimum absolute atomic E-state index is 0.160. The normalized spacial score (nSPS) is 12.3. The molecule has 0 aromatic heterocycles. The quantitative estimate of drug-likeness (QED) is 0.834. The van der Waals surface area contributed by atoms with Crippen LogP contribution in [0, 0.1) is 17.4 Å². The fourth-order valence-corrected chi connectivity index (χ4v) is 2.70. The number of hydrogen-bond acceptors (Lipinski definition) is 2. The van der Waals surface area contributed by atoms with Crippen molar-refractivity contribution in [3.63, 3.8) is 0 Å². The molecule has 2 aromatic carbocycles. The van der Waals surface area contributed by atoms with Gasteiger partial charge in [0, 0.05) is 9.13 Å². The first-order valence-electron chi connectivity index (χ1n) is 6.19. The van der Waals surface area contributed by atoms with E-state index in [1.165, 1.54) is 14.7 Å². The SMILES string of the molecule is COc1cc(C)cc(C)c1C(N)c1ccc(I)cc1. The lowest BCUT2D eigenvalue weighted by Gasteiger charge is -2.19. The van der Waals surface area contributed by atoms with Crippen LogP contribution in [0.1, 0.15) is 28.3 Å². The van der Waals surface area contributed by atoms with Gasteiger partial charge in [-0.3, -0.25) is 0 Å². The second-order valence-corrected chi connectivity index (χ2v) is 5.97.